The minimum atomic E-state index is -1.14. The van der Waals surface area contributed by atoms with Gasteiger partial charge in [0, 0.05) is 12.3 Å². The Labute approximate surface area is 198 Å². The molecule has 0 radical (unpaired) electrons. The maximum Gasteiger partial charge on any atom is 0.408 e. The number of carboxylic acid groups (broad SMARTS) is 1. The average Bonchev–Trinajstić information content (AvgIpc) is 2.64. The summed E-state index contributed by atoms with van der Waals surface area (Å²) in [6.45, 7) is 9.74. The van der Waals surface area contributed by atoms with E-state index in [-0.39, 0.29) is 25.1 Å². The molecule has 0 aromatic carbocycles. The molecule has 0 aliphatic rings. The molecule has 0 bridgehead atoms. The number of allylic oxidation sites excluding steroid dienone is 1. The summed E-state index contributed by atoms with van der Waals surface area (Å²) in [6, 6.07) is 1.72. The van der Waals surface area contributed by atoms with Crippen LogP contribution in [0, 0.1) is 0 Å². The Morgan fingerprint density at radius 1 is 1.09 bits per heavy atom. The van der Waals surface area contributed by atoms with E-state index >= 15 is 0 Å². The third-order valence-electron chi connectivity index (χ3n) is 3.89. The van der Waals surface area contributed by atoms with E-state index in [1.165, 1.54) is 24.4 Å². The molecule has 1 rings (SSSR count). The lowest BCUT2D eigenvalue weighted by Gasteiger charge is -2.23. The Bertz CT molecular complexity index is 983. The zero-order chi connectivity index (χ0) is 26.1. The van der Waals surface area contributed by atoms with Crippen LogP contribution in [0.5, 0.6) is 0 Å². The van der Waals surface area contributed by atoms with E-state index in [2.05, 4.69) is 10.6 Å². The molecule has 11 heteroatoms. The number of aliphatic carboxylic acids is 1. The zero-order valence-corrected chi connectivity index (χ0v) is 20.3. The lowest BCUT2D eigenvalue weighted by Crippen LogP contribution is -2.46. The highest BCUT2D eigenvalue weighted by Crippen LogP contribution is 2.10. The highest BCUT2D eigenvalue weighted by molar-refractivity contribution is 5.96. The second-order valence-electron chi connectivity index (χ2n) is 9.45. The van der Waals surface area contributed by atoms with Gasteiger partial charge in [-0.2, -0.15) is 0 Å². The summed E-state index contributed by atoms with van der Waals surface area (Å²) in [6.07, 6.45) is 3.02. The summed E-state index contributed by atoms with van der Waals surface area (Å²) in [5.41, 5.74) is -2.26. The van der Waals surface area contributed by atoms with Crippen LogP contribution in [0.2, 0.25) is 0 Å². The Morgan fingerprint density at radius 2 is 1.71 bits per heavy atom. The van der Waals surface area contributed by atoms with Gasteiger partial charge in [-0.05, 0) is 66.5 Å². The standard InChI is InChI=1S/C23H33N3O8/c1-22(2,3)33-18(29)14-26-13-9-11-16(20(26)31)24-19(30)15(10-7-8-12-17(27)28)25-21(32)34-23(4,5)6/h8-9,11-13,15H,7,10,14H2,1-6H3,(H,24,30)(H,25,32)(H,27,28). The second-order valence-corrected chi connectivity index (χ2v) is 9.45. The molecule has 11 nitrogen and oxygen atoms in total. The monoisotopic (exact) mass is 479 g/mol. The molecule has 1 heterocycles. The Balaban J connectivity index is 3.01. The van der Waals surface area contributed by atoms with Gasteiger partial charge in [-0.1, -0.05) is 6.08 Å². The molecule has 34 heavy (non-hydrogen) atoms. The number of nitrogens with zero attached hydrogens (tertiary/aromatic N) is 1. The van der Waals surface area contributed by atoms with Crippen LogP contribution < -0.4 is 16.2 Å². The molecule has 0 saturated carbocycles. The minimum absolute atomic E-state index is 0.0494. The first-order valence-corrected chi connectivity index (χ1v) is 10.7. The fourth-order valence-electron chi connectivity index (χ4n) is 2.65. The predicted molar refractivity (Wildman–Crippen MR) is 124 cm³/mol. The van der Waals surface area contributed by atoms with Crippen molar-refractivity contribution in [2.75, 3.05) is 5.32 Å². The summed E-state index contributed by atoms with van der Waals surface area (Å²) < 4.78 is 11.5. The average molecular weight is 480 g/mol. The number of ether oxygens (including phenoxy) is 2. The van der Waals surface area contributed by atoms with Gasteiger partial charge in [0.05, 0.1) is 0 Å². The van der Waals surface area contributed by atoms with E-state index < -0.39 is 46.7 Å². The molecule has 1 aromatic heterocycles. The van der Waals surface area contributed by atoms with Crippen molar-refractivity contribution in [3.63, 3.8) is 0 Å². The third kappa shape index (κ3) is 11.3. The first-order valence-electron chi connectivity index (χ1n) is 10.7. The zero-order valence-electron chi connectivity index (χ0n) is 20.3. The quantitative estimate of drug-likeness (QED) is 0.361. The fourth-order valence-corrected chi connectivity index (χ4v) is 2.65. The number of carbonyl (C=O) groups excluding carboxylic acids is 3. The number of carbonyl (C=O) groups is 4. The van der Waals surface area contributed by atoms with Crippen LogP contribution in [0.1, 0.15) is 54.4 Å². The van der Waals surface area contributed by atoms with Gasteiger partial charge in [-0.15, -0.1) is 0 Å². The van der Waals surface area contributed by atoms with Crippen LogP contribution >= 0.6 is 0 Å². The Hall–Kier alpha value is -3.63. The number of pyridine rings is 1. The molecule has 0 aliphatic carbocycles. The minimum Gasteiger partial charge on any atom is -0.478 e. The molecule has 1 unspecified atom stereocenters. The van der Waals surface area contributed by atoms with Crippen molar-refractivity contribution in [3.8, 4) is 0 Å². The van der Waals surface area contributed by atoms with Gasteiger partial charge in [-0.25, -0.2) is 9.59 Å². The van der Waals surface area contributed by atoms with E-state index in [1.54, 1.807) is 41.5 Å². The summed E-state index contributed by atoms with van der Waals surface area (Å²) >= 11 is 0. The van der Waals surface area contributed by atoms with Gasteiger partial charge >= 0.3 is 18.0 Å². The van der Waals surface area contributed by atoms with E-state index in [0.717, 1.165) is 10.6 Å². The van der Waals surface area contributed by atoms with Gasteiger partial charge in [-0.3, -0.25) is 14.4 Å². The molecular weight excluding hydrogens is 446 g/mol. The molecule has 0 spiro atoms. The van der Waals surface area contributed by atoms with Gasteiger partial charge in [0.1, 0.15) is 29.5 Å². The van der Waals surface area contributed by atoms with E-state index in [4.69, 9.17) is 14.6 Å². The maximum absolute atomic E-state index is 12.9. The van der Waals surface area contributed by atoms with Gasteiger partial charge in [0.2, 0.25) is 5.91 Å². The number of carboxylic acids is 1. The smallest absolute Gasteiger partial charge is 0.408 e. The van der Waals surface area contributed by atoms with Crippen molar-refractivity contribution in [3.05, 3.63) is 40.8 Å². The van der Waals surface area contributed by atoms with Crippen molar-refractivity contribution >= 4 is 29.6 Å². The highest BCUT2D eigenvalue weighted by atomic mass is 16.6. The molecule has 2 amide bonds. The number of hydrogen-bond donors (Lipinski definition) is 3. The number of aromatic nitrogens is 1. The van der Waals surface area contributed by atoms with Crippen LogP contribution in [-0.4, -0.2) is 50.9 Å². The normalized spacial score (nSPS) is 12.6. The highest BCUT2D eigenvalue weighted by Gasteiger charge is 2.25. The van der Waals surface area contributed by atoms with E-state index in [0.29, 0.717) is 0 Å². The molecule has 188 valence electrons. The summed E-state index contributed by atoms with van der Waals surface area (Å²) in [5.74, 6) is -2.47. The van der Waals surface area contributed by atoms with Crippen LogP contribution in [0.15, 0.2) is 35.3 Å². The number of hydrogen-bond acceptors (Lipinski definition) is 7. The molecule has 0 saturated heterocycles. The molecule has 1 aromatic rings. The lowest BCUT2D eigenvalue weighted by atomic mass is 10.1. The van der Waals surface area contributed by atoms with Crippen molar-refractivity contribution in [1.29, 1.82) is 0 Å². The van der Waals surface area contributed by atoms with Crippen molar-refractivity contribution in [2.45, 2.75) is 78.2 Å². The van der Waals surface area contributed by atoms with E-state index in [1.807, 2.05) is 0 Å². The Morgan fingerprint density at radius 3 is 2.26 bits per heavy atom. The first-order chi connectivity index (χ1) is 15.6. The number of nitrogens with one attached hydrogen (secondary N) is 2. The summed E-state index contributed by atoms with van der Waals surface area (Å²) in [7, 11) is 0. The van der Waals surface area contributed by atoms with Gasteiger partial charge < -0.3 is 29.8 Å². The van der Waals surface area contributed by atoms with Gasteiger partial charge in [0.25, 0.3) is 5.56 Å². The molecule has 0 aliphatic heterocycles. The predicted octanol–water partition coefficient (Wildman–Crippen LogP) is 2.44. The third-order valence-corrected chi connectivity index (χ3v) is 3.89. The van der Waals surface area contributed by atoms with Gasteiger partial charge in [0.15, 0.2) is 0 Å². The summed E-state index contributed by atoms with van der Waals surface area (Å²) in [4.78, 5) is 60.5. The topological polar surface area (TPSA) is 153 Å². The van der Waals surface area contributed by atoms with Crippen molar-refractivity contribution in [1.82, 2.24) is 9.88 Å². The van der Waals surface area contributed by atoms with E-state index in [9.17, 15) is 24.0 Å². The van der Waals surface area contributed by atoms with Crippen molar-refractivity contribution in [2.24, 2.45) is 0 Å². The molecule has 1 atom stereocenters. The maximum atomic E-state index is 12.9. The largest absolute Gasteiger partial charge is 0.478 e. The van der Waals surface area contributed by atoms with Crippen molar-refractivity contribution < 1.29 is 33.8 Å². The second kappa shape index (κ2) is 12.0. The number of anilines is 1. The Kier molecular flexibility index (Phi) is 10.0. The SMILES string of the molecule is CC(C)(C)OC(=O)Cn1cccc(NC(=O)C(CCC=CC(=O)O)NC(=O)OC(C)(C)C)c1=O. The van der Waals surface area contributed by atoms with Crippen LogP contribution in [0.25, 0.3) is 0 Å². The molecule has 0 fully saturated rings. The molecule has 3 N–H and O–H groups in total. The van der Waals surface area contributed by atoms with Crippen LogP contribution in [-0.2, 0) is 30.4 Å². The number of esters is 1. The van der Waals surface area contributed by atoms with Crippen LogP contribution in [0.3, 0.4) is 0 Å². The first kappa shape index (κ1) is 28.4. The molecular formula is C23H33N3O8. The summed E-state index contributed by atoms with van der Waals surface area (Å²) in [5, 5.41) is 13.6. The lowest BCUT2D eigenvalue weighted by molar-refractivity contribution is -0.155. The van der Waals surface area contributed by atoms with Crippen LogP contribution in [0.4, 0.5) is 10.5 Å². The number of rotatable bonds is 9. The number of amides is 2. The number of alkyl carbamates (subject to hydrolysis) is 1. The fraction of sp³-hybridized carbons (Fsp3) is 0.522.